The number of halogens is 1. The number of carbonyl (C=O) groups excluding carboxylic acids is 1. The monoisotopic (exact) mass is 475 g/mol. The zero-order valence-corrected chi connectivity index (χ0v) is 19.7. The molecule has 0 aliphatic carbocycles. The maximum atomic E-state index is 13.5. The lowest BCUT2D eigenvalue weighted by molar-refractivity contribution is 0.0696. The number of amides is 1. The highest BCUT2D eigenvalue weighted by atomic mass is 19.1. The summed E-state index contributed by atoms with van der Waals surface area (Å²) in [6.45, 7) is 2.45. The van der Waals surface area contributed by atoms with Crippen LogP contribution in [0, 0.1) is 5.82 Å². The summed E-state index contributed by atoms with van der Waals surface area (Å²) in [5, 5.41) is 9.64. The fourth-order valence-electron chi connectivity index (χ4n) is 4.52. The van der Waals surface area contributed by atoms with E-state index < -0.39 is 5.97 Å². The molecule has 182 valence electrons. The summed E-state index contributed by atoms with van der Waals surface area (Å²) < 4.78 is 13.4. The summed E-state index contributed by atoms with van der Waals surface area (Å²) in [5.74, 6) is -1.43. The number of nitrogens with zero attached hydrogens (tertiary/aromatic N) is 3. The highest BCUT2D eigenvalue weighted by Crippen LogP contribution is 2.28. The first-order valence-electron chi connectivity index (χ1n) is 12.1. The van der Waals surface area contributed by atoms with Crippen molar-refractivity contribution in [1.29, 1.82) is 0 Å². The van der Waals surface area contributed by atoms with Gasteiger partial charge in [0, 0.05) is 37.7 Å². The van der Waals surface area contributed by atoms with E-state index in [2.05, 4.69) is 9.88 Å². The van der Waals surface area contributed by atoms with Gasteiger partial charge in [0.15, 0.2) is 0 Å². The Morgan fingerprint density at radius 2 is 1.66 bits per heavy atom. The van der Waals surface area contributed by atoms with Crippen LogP contribution in [0.5, 0.6) is 0 Å². The smallest absolute Gasteiger partial charge is 0.335 e. The lowest BCUT2D eigenvalue weighted by atomic mass is 10.0. The van der Waals surface area contributed by atoms with Crippen molar-refractivity contribution in [3.63, 3.8) is 0 Å². The fourth-order valence-corrected chi connectivity index (χ4v) is 4.52. The molecule has 4 rings (SSSR count). The second-order valence-corrected chi connectivity index (χ2v) is 8.95. The molecule has 7 heteroatoms. The van der Waals surface area contributed by atoms with Gasteiger partial charge >= 0.3 is 5.97 Å². The Labute approximate surface area is 205 Å². The van der Waals surface area contributed by atoms with E-state index in [4.69, 9.17) is 0 Å². The minimum absolute atomic E-state index is 0.149. The van der Waals surface area contributed by atoms with Gasteiger partial charge in [-0.1, -0.05) is 31.4 Å². The second-order valence-electron chi connectivity index (χ2n) is 8.95. The molecule has 0 fully saturated rings. The van der Waals surface area contributed by atoms with Crippen molar-refractivity contribution in [2.75, 3.05) is 18.0 Å². The predicted molar refractivity (Wildman–Crippen MR) is 133 cm³/mol. The van der Waals surface area contributed by atoms with Crippen molar-refractivity contribution < 1.29 is 19.1 Å². The van der Waals surface area contributed by atoms with E-state index in [-0.39, 0.29) is 17.3 Å². The van der Waals surface area contributed by atoms with E-state index in [1.54, 1.807) is 59.8 Å². The Morgan fingerprint density at radius 1 is 0.914 bits per heavy atom. The van der Waals surface area contributed by atoms with Crippen LogP contribution in [0.25, 0.3) is 0 Å². The first-order valence-corrected chi connectivity index (χ1v) is 12.1. The number of benzene rings is 2. The van der Waals surface area contributed by atoms with Gasteiger partial charge in [-0.25, -0.2) is 9.18 Å². The lowest BCUT2D eigenvalue weighted by Gasteiger charge is -2.29. The molecule has 0 unspecified atom stereocenters. The molecule has 2 heterocycles. The maximum absolute atomic E-state index is 13.5. The molecule has 35 heavy (non-hydrogen) atoms. The van der Waals surface area contributed by atoms with Crippen LogP contribution < -0.4 is 4.90 Å². The number of rotatable bonds is 4. The molecule has 1 N–H and O–H groups in total. The summed E-state index contributed by atoms with van der Waals surface area (Å²) in [6, 6.07) is 14.9. The summed E-state index contributed by atoms with van der Waals surface area (Å²) in [6.07, 6.45) is 8.26. The van der Waals surface area contributed by atoms with Crippen molar-refractivity contribution in [2.24, 2.45) is 0 Å². The molecule has 2 aromatic carbocycles. The van der Waals surface area contributed by atoms with Crippen molar-refractivity contribution >= 4 is 17.6 Å². The van der Waals surface area contributed by atoms with Crippen molar-refractivity contribution in [3.8, 4) is 0 Å². The van der Waals surface area contributed by atoms with E-state index >= 15 is 0 Å². The quantitative estimate of drug-likeness (QED) is 0.537. The second kappa shape index (κ2) is 11.7. The van der Waals surface area contributed by atoms with E-state index in [1.807, 2.05) is 0 Å². The number of hydrogen-bond donors (Lipinski definition) is 1. The van der Waals surface area contributed by atoms with Crippen LogP contribution in [-0.2, 0) is 13.1 Å². The normalized spacial score (nSPS) is 15.5. The van der Waals surface area contributed by atoms with E-state index in [0.29, 0.717) is 30.9 Å². The molecule has 0 spiro atoms. The van der Waals surface area contributed by atoms with E-state index in [0.717, 1.165) is 49.8 Å². The molecule has 0 bridgehead atoms. The zero-order valence-electron chi connectivity index (χ0n) is 19.7. The van der Waals surface area contributed by atoms with E-state index in [9.17, 15) is 19.1 Å². The maximum Gasteiger partial charge on any atom is 0.335 e. The molecule has 1 amide bonds. The molecular formula is C28H30FN3O3. The van der Waals surface area contributed by atoms with Crippen LogP contribution in [0.3, 0.4) is 0 Å². The number of pyridine rings is 1. The number of aromatic nitrogens is 1. The van der Waals surface area contributed by atoms with Gasteiger partial charge in [-0.05, 0) is 73.0 Å². The van der Waals surface area contributed by atoms with Gasteiger partial charge in [0.2, 0.25) is 0 Å². The molecular weight excluding hydrogens is 445 g/mol. The molecule has 3 aromatic rings. The Bertz CT molecular complexity index is 1150. The third-order valence-corrected chi connectivity index (χ3v) is 6.34. The average Bonchev–Trinajstić information content (AvgIpc) is 2.86. The van der Waals surface area contributed by atoms with E-state index in [1.165, 1.54) is 12.1 Å². The highest BCUT2D eigenvalue weighted by molar-refractivity contribution is 6.06. The summed E-state index contributed by atoms with van der Waals surface area (Å²) in [4.78, 5) is 33.4. The van der Waals surface area contributed by atoms with Gasteiger partial charge in [0.25, 0.3) is 5.91 Å². The first-order chi connectivity index (χ1) is 17.0. The van der Waals surface area contributed by atoms with Crippen molar-refractivity contribution in [2.45, 2.75) is 45.2 Å². The number of carbonyl (C=O) groups is 2. The minimum Gasteiger partial charge on any atom is -0.478 e. The van der Waals surface area contributed by atoms with Crippen LogP contribution in [0.2, 0.25) is 0 Å². The first kappa shape index (κ1) is 24.5. The highest BCUT2D eigenvalue weighted by Gasteiger charge is 2.23. The topological polar surface area (TPSA) is 73.7 Å². The number of hydrogen-bond acceptors (Lipinski definition) is 4. The fraction of sp³-hybridized carbons (Fsp3) is 0.321. The third kappa shape index (κ3) is 6.51. The molecule has 0 saturated heterocycles. The average molecular weight is 476 g/mol. The molecule has 0 radical (unpaired) electrons. The van der Waals surface area contributed by atoms with Gasteiger partial charge in [0.1, 0.15) is 5.82 Å². The van der Waals surface area contributed by atoms with Crippen LogP contribution in [0.4, 0.5) is 10.1 Å². The lowest BCUT2D eigenvalue weighted by Crippen LogP contribution is -2.34. The minimum atomic E-state index is -1.01. The number of aromatic carboxylic acids is 1. The summed E-state index contributed by atoms with van der Waals surface area (Å²) >= 11 is 0. The zero-order chi connectivity index (χ0) is 24.6. The summed E-state index contributed by atoms with van der Waals surface area (Å²) in [5.41, 5.74) is 3.17. The number of carboxylic acid groups (broad SMARTS) is 1. The van der Waals surface area contributed by atoms with Crippen molar-refractivity contribution in [3.05, 3.63) is 95.1 Å². The predicted octanol–water partition coefficient (Wildman–Crippen LogP) is 5.53. The van der Waals surface area contributed by atoms with Crippen molar-refractivity contribution in [1.82, 2.24) is 9.88 Å². The van der Waals surface area contributed by atoms with Crippen LogP contribution in [0.1, 0.15) is 63.9 Å². The molecule has 1 aliphatic heterocycles. The van der Waals surface area contributed by atoms with Gasteiger partial charge in [-0.2, -0.15) is 0 Å². The summed E-state index contributed by atoms with van der Waals surface area (Å²) in [7, 11) is 0. The third-order valence-electron chi connectivity index (χ3n) is 6.34. The van der Waals surface area contributed by atoms with Crippen LogP contribution in [0.15, 0.2) is 67.0 Å². The molecule has 0 saturated carbocycles. The van der Waals surface area contributed by atoms with Gasteiger partial charge in [-0.15, -0.1) is 0 Å². The molecule has 0 atom stereocenters. The van der Waals surface area contributed by atoms with Crippen LogP contribution in [-0.4, -0.2) is 40.0 Å². The van der Waals surface area contributed by atoms with Crippen LogP contribution >= 0.6 is 0 Å². The Kier molecular flexibility index (Phi) is 8.21. The largest absolute Gasteiger partial charge is 0.478 e. The SMILES string of the molecule is O=C(O)c1ccc2c(c1)CN(Cc1ccc(F)cc1)CCCCCCCN2C(=O)c1cccnc1. The Balaban J connectivity index is 1.72. The Morgan fingerprint density at radius 3 is 2.37 bits per heavy atom. The molecule has 1 aromatic heterocycles. The van der Waals surface area contributed by atoms with Gasteiger partial charge < -0.3 is 10.0 Å². The molecule has 1 aliphatic rings. The standard InChI is InChI=1S/C28H30FN3O3/c29-25-11-8-21(9-12-25)19-31-15-4-2-1-3-5-16-32(27(33)23-7-6-14-30-18-23)26-13-10-22(28(34)35)17-24(26)20-31/h6-14,17-18H,1-5,15-16,19-20H2,(H,34,35). The molecule has 6 nitrogen and oxygen atoms in total. The van der Waals surface area contributed by atoms with Gasteiger partial charge in [0.05, 0.1) is 11.1 Å². The Hall–Kier alpha value is -3.58. The number of carboxylic acids is 1. The number of anilines is 1. The number of fused-ring (bicyclic) bond motifs is 1. The van der Waals surface area contributed by atoms with Gasteiger partial charge in [-0.3, -0.25) is 14.7 Å².